The molecule has 3 N–H and O–H groups in total. The zero-order valence-corrected chi connectivity index (χ0v) is 12.5. The Hall–Kier alpha value is -1.88. The lowest BCUT2D eigenvalue weighted by atomic mass is 10.0. The third-order valence-electron chi connectivity index (χ3n) is 3.93. The first kappa shape index (κ1) is 15.5. The summed E-state index contributed by atoms with van der Waals surface area (Å²) in [4.78, 5) is 15.0. The number of nitrogens with one attached hydrogen (secondary N) is 2. The van der Waals surface area contributed by atoms with Crippen LogP contribution in [0.2, 0.25) is 0 Å². The van der Waals surface area contributed by atoms with Crippen molar-refractivity contribution in [3.63, 3.8) is 0 Å². The molecule has 0 bridgehead atoms. The van der Waals surface area contributed by atoms with Gasteiger partial charge in [0.2, 0.25) is 0 Å². The SMILES string of the molecule is CCC(C)C(O)CNC(=O)c1cc2c(C)cc(F)cc2[nH]1. The molecule has 1 aromatic carbocycles. The average Bonchev–Trinajstić information content (AvgIpc) is 2.87. The highest BCUT2D eigenvalue weighted by molar-refractivity contribution is 5.98. The van der Waals surface area contributed by atoms with Crippen LogP contribution >= 0.6 is 0 Å². The van der Waals surface area contributed by atoms with Crippen LogP contribution in [0.15, 0.2) is 18.2 Å². The number of fused-ring (bicyclic) bond motifs is 1. The molecule has 0 radical (unpaired) electrons. The number of hydrogen-bond donors (Lipinski definition) is 3. The fourth-order valence-corrected chi connectivity index (χ4v) is 2.26. The smallest absolute Gasteiger partial charge is 0.267 e. The van der Waals surface area contributed by atoms with Crippen LogP contribution in [0, 0.1) is 18.7 Å². The van der Waals surface area contributed by atoms with Crippen LogP contribution in [0.5, 0.6) is 0 Å². The molecule has 0 fully saturated rings. The van der Waals surface area contributed by atoms with E-state index in [9.17, 15) is 14.3 Å². The van der Waals surface area contributed by atoms with Crippen molar-refractivity contribution in [3.05, 3.63) is 35.3 Å². The molecule has 2 aromatic rings. The second-order valence-electron chi connectivity index (χ2n) is 5.53. The normalized spacial score (nSPS) is 14.1. The van der Waals surface area contributed by atoms with Gasteiger partial charge >= 0.3 is 0 Å². The van der Waals surface area contributed by atoms with Crippen molar-refractivity contribution in [1.82, 2.24) is 10.3 Å². The van der Waals surface area contributed by atoms with E-state index in [1.54, 1.807) is 13.0 Å². The van der Waals surface area contributed by atoms with Crippen molar-refractivity contribution < 1.29 is 14.3 Å². The van der Waals surface area contributed by atoms with E-state index in [2.05, 4.69) is 10.3 Å². The number of aliphatic hydroxyl groups excluding tert-OH is 1. The summed E-state index contributed by atoms with van der Waals surface area (Å²) in [5.41, 5.74) is 1.75. The van der Waals surface area contributed by atoms with E-state index in [-0.39, 0.29) is 24.2 Å². The molecule has 2 atom stereocenters. The molecule has 1 amide bonds. The molecule has 0 aliphatic heterocycles. The van der Waals surface area contributed by atoms with Gasteiger partial charge in [-0.25, -0.2) is 4.39 Å². The first-order valence-corrected chi connectivity index (χ1v) is 7.17. The van der Waals surface area contributed by atoms with E-state index in [0.717, 1.165) is 17.4 Å². The predicted octanol–water partition coefficient (Wildman–Crippen LogP) is 2.75. The number of carbonyl (C=O) groups excluding carboxylic acids is 1. The molecule has 114 valence electrons. The number of rotatable bonds is 5. The zero-order chi connectivity index (χ0) is 15.6. The highest BCUT2D eigenvalue weighted by Gasteiger charge is 2.16. The predicted molar refractivity (Wildman–Crippen MR) is 80.8 cm³/mol. The van der Waals surface area contributed by atoms with Crippen LogP contribution in [0.25, 0.3) is 10.9 Å². The minimum Gasteiger partial charge on any atom is -0.391 e. The molecule has 0 saturated heterocycles. The lowest BCUT2D eigenvalue weighted by Gasteiger charge is -2.17. The summed E-state index contributed by atoms with van der Waals surface area (Å²) in [6.45, 7) is 5.93. The Morgan fingerprint density at radius 2 is 2.14 bits per heavy atom. The van der Waals surface area contributed by atoms with Gasteiger partial charge in [-0.15, -0.1) is 0 Å². The molecule has 21 heavy (non-hydrogen) atoms. The summed E-state index contributed by atoms with van der Waals surface area (Å²) in [7, 11) is 0. The first-order chi connectivity index (χ1) is 9.92. The number of aliphatic hydroxyl groups is 1. The molecule has 0 aliphatic carbocycles. The van der Waals surface area contributed by atoms with Crippen molar-refractivity contribution in [3.8, 4) is 0 Å². The van der Waals surface area contributed by atoms with E-state index < -0.39 is 6.10 Å². The molecular formula is C16H21FN2O2. The molecule has 1 heterocycles. The molecule has 0 saturated carbocycles. The minimum atomic E-state index is -0.567. The van der Waals surface area contributed by atoms with Crippen LogP contribution in [0.1, 0.15) is 36.3 Å². The lowest BCUT2D eigenvalue weighted by molar-refractivity contribution is 0.0846. The van der Waals surface area contributed by atoms with Gasteiger partial charge in [0, 0.05) is 17.4 Å². The Bertz CT molecular complexity index is 651. The quantitative estimate of drug-likeness (QED) is 0.793. The Balaban J connectivity index is 2.11. The second-order valence-corrected chi connectivity index (χ2v) is 5.53. The van der Waals surface area contributed by atoms with Gasteiger partial charge in [-0.2, -0.15) is 0 Å². The Morgan fingerprint density at radius 1 is 1.43 bits per heavy atom. The summed E-state index contributed by atoms with van der Waals surface area (Å²) >= 11 is 0. The summed E-state index contributed by atoms with van der Waals surface area (Å²) in [5, 5.41) is 13.4. The van der Waals surface area contributed by atoms with E-state index in [4.69, 9.17) is 0 Å². The van der Waals surface area contributed by atoms with Gasteiger partial charge in [0.25, 0.3) is 5.91 Å². The number of amides is 1. The fourth-order valence-electron chi connectivity index (χ4n) is 2.26. The van der Waals surface area contributed by atoms with Crippen LogP contribution in [0.4, 0.5) is 4.39 Å². The van der Waals surface area contributed by atoms with Crippen molar-refractivity contribution in [1.29, 1.82) is 0 Å². The number of aromatic amines is 1. The van der Waals surface area contributed by atoms with Gasteiger partial charge in [-0.1, -0.05) is 20.3 Å². The molecule has 2 unspecified atom stereocenters. The van der Waals surface area contributed by atoms with Crippen LogP contribution in [-0.4, -0.2) is 28.6 Å². The van der Waals surface area contributed by atoms with E-state index in [1.807, 2.05) is 13.8 Å². The molecular weight excluding hydrogens is 271 g/mol. The number of halogens is 1. The summed E-state index contributed by atoms with van der Waals surface area (Å²) in [5.74, 6) is -0.501. The van der Waals surface area contributed by atoms with E-state index >= 15 is 0 Å². The minimum absolute atomic E-state index is 0.129. The van der Waals surface area contributed by atoms with Gasteiger partial charge in [-0.05, 0) is 36.6 Å². The largest absolute Gasteiger partial charge is 0.391 e. The summed E-state index contributed by atoms with van der Waals surface area (Å²) in [6.07, 6.45) is 0.282. The number of aromatic nitrogens is 1. The molecule has 5 heteroatoms. The number of hydrogen-bond acceptors (Lipinski definition) is 2. The molecule has 1 aromatic heterocycles. The van der Waals surface area contributed by atoms with E-state index in [1.165, 1.54) is 12.1 Å². The maximum absolute atomic E-state index is 13.3. The Kier molecular flexibility index (Phi) is 4.63. The summed E-state index contributed by atoms with van der Waals surface area (Å²) < 4.78 is 13.3. The highest BCUT2D eigenvalue weighted by atomic mass is 19.1. The second kappa shape index (κ2) is 6.26. The van der Waals surface area contributed by atoms with Crippen LogP contribution in [0.3, 0.4) is 0 Å². The zero-order valence-electron chi connectivity index (χ0n) is 12.5. The van der Waals surface area contributed by atoms with E-state index in [0.29, 0.717) is 11.2 Å². The molecule has 0 spiro atoms. The third kappa shape index (κ3) is 3.42. The molecule has 0 aliphatic rings. The topological polar surface area (TPSA) is 65.1 Å². The number of carbonyl (C=O) groups is 1. The first-order valence-electron chi connectivity index (χ1n) is 7.17. The number of H-pyrrole nitrogens is 1. The Labute approximate surface area is 123 Å². The highest BCUT2D eigenvalue weighted by Crippen LogP contribution is 2.21. The maximum atomic E-state index is 13.3. The van der Waals surface area contributed by atoms with Crippen molar-refractivity contribution in [2.24, 2.45) is 5.92 Å². The van der Waals surface area contributed by atoms with Crippen LogP contribution in [-0.2, 0) is 0 Å². The molecule has 4 nitrogen and oxygen atoms in total. The average molecular weight is 292 g/mol. The lowest BCUT2D eigenvalue weighted by Crippen LogP contribution is -2.35. The van der Waals surface area contributed by atoms with Gasteiger partial charge < -0.3 is 15.4 Å². The van der Waals surface area contributed by atoms with Gasteiger partial charge in [0.05, 0.1) is 6.10 Å². The summed E-state index contributed by atoms with van der Waals surface area (Å²) in [6, 6.07) is 4.51. The van der Waals surface area contributed by atoms with Crippen molar-refractivity contribution in [2.45, 2.75) is 33.3 Å². The van der Waals surface area contributed by atoms with Crippen molar-refractivity contribution >= 4 is 16.8 Å². The van der Waals surface area contributed by atoms with Gasteiger partial charge in [-0.3, -0.25) is 4.79 Å². The standard InChI is InChI=1S/C16H21FN2O2/c1-4-9(2)15(20)8-18-16(21)14-7-12-10(3)5-11(17)6-13(12)19-14/h5-7,9,15,19-20H,4,8H2,1-3H3,(H,18,21). The van der Waals surface area contributed by atoms with Crippen LogP contribution < -0.4 is 5.32 Å². The van der Waals surface area contributed by atoms with Gasteiger partial charge in [0.1, 0.15) is 11.5 Å². The maximum Gasteiger partial charge on any atom is 0.267 e. The number of aryl methyl sites for hydroxylation is 1. The Morgan fingerprint density at radius 3 is 2.81 bits per heavy atom. The third-order valence-corrected chi connectivity index (χ3v) is 3.93. The van der Waals surface area contributed by atoms with Crippen molar-refractivity contribution in [2.75, 3.05) is 6.54 Å². The number of benzene rings is 1. The fraction of sp³-hybridized carbons (Fsp3) is 0.438. The molecule has 2 rings (SSSR count). The van der Waals surface area contributed by atoms with Gasteiger partial charge in [0.15, 0.2) is 0 Å². The monoisotopic (exact) mass is 292 g/mol.